The fourth-order valence-electron chi connectivity index (χ4n) is 2.41. The van der Waals surface area contributed by atoms with Gasteiger partial charge in [0, 0.05) is 0 Å². The van der Waals surface area contributed by atoms with Crippen LogP contribution in [0.2, 0.25) is 10.0 Å². The molecular weight excluding hydrogens is 241 g/mol. The lowest BCUT2D eigenvalue weighted by Gasteiger charge is -2.36. The Kier molecular flexibility index (Phi) is 4.12. The molecule has 1 aliphatic carbocycles. The fraction of sp³-hybridized carbons (Fsp3) is 0.538. The molecule has 0 aliphatic heterocycles. The van der Waals surface area contributed by atoms with E-state index < -0.39 is 0 Å². The first kappa shape index (κ1) is 12.2. The summed E-state index contributed by atoms with van der Waals surface area (Å²) in [6, 6.07) is 5.98. The minimum absolute atomic E-state index is 0.644. The lowest BCUT2D eigenvalue weighted by Crippen LogP contribution is -2.35. The van der Waals surface area contributed by atoms with Crippen LogP contribution in [0.1, 0.15) is 18.4 Å². The van der Waals surface area contributed by atoms with E-state index in [1.807, 2.05) is 19.2 Å². The van der Waals surface area contributed by atoms with E-state index in [1.54, 1.807) is 0 Å². The van der Waals surface area contributed by atoms with E-state index in [9.17, 15) is 0 Å². The van der Waals surface area contributed by atoms with Crippen molar-refractivity contribution in [1.82, 2.24) is 5.32 Å². The third kappa shape index (κ3) is 2.71. The van der Waals surface area contributed by atoms with Crippen molar-refractivity contribution in [2.24, 2.45) is 11.8 Å². The minimum atomic E-state index is 0.644. The molecule has 1 N–H and O–H groups in total. The average molecular weight is 258 g/mol. The van der Waals surface area contributed by atoms with E-state index in [4.69, 9.17) is 23.2 Å². The van der Waals surface area contributed by atoms with Gasteiger partial charge in [-0.2, -0.15) is 0 Å². The number of benzene rings is 1. The van der Waals surface area contributed by atoms with Gasteiger partial charge < -0.3 is 5.32 Å². The van der Waals surface area contributed by atoms with E-state index in [1.165, 1.54) is 18.4 Å². The second kappa shape index (κ2) is 5.39. The quantitative estimate of drug-likeness (QED) is 0.866. The lowest BCUT2D eigenvalue weighted by atomic mass is 9.71. The molecule has 0 saturated heterocycles. The molecule has 2 rings (SSSR count). The summed E-state index contributed by atoms with van der Waals surface area (Å²) in [6.07, 6.45) is 3.82. The third-order valence-electron chi connectivity index (χ3n) is 3.52. The first-order valence-electron chi connectivity index (χ1n) is 5.79. The summed E-state index contributed by atoms with van der Waals surface area (Å²) in [6.45, 7) is 1.13. The lowest BCUT2D eigenvalue weighted by molar-refractivity contribution is 0.174. The van der Waals surface area contributed by atoms with E-state index in [0.717, 1.165) is 24.8 Å². The Hall–Kier alpha value is -0.240. The highest BCUT2D eigenvalue weighted by Gasteiger charge is 2.29. The van der Waals surface area contributed by atoms with E-state index in [0.29, 0.717) is 10.0 Å². The van der Waals surface area contributed by atoms with Gasteiger partial charge in [-0.15, -0.1) is 0 Å². The molecular formula is C13H17Cl2N. The summed E-state index contributed by atoms with van der Waals surface area (Å²) < 4.78 is 0. The van der Waals surface area contributed by atoms with Gasteiger partial charge in [0.1, 0.15) is 0 Å². The maximum absolute atomic E-state index is 6.01. The zero-order chi connectivity index (χ0) is 11.5. The van der Waals surface area contributed by atoms with Crippen LogP contribution in [0.4, 0.5) is 0 Å². The summed E-state index contributed by atoms with van der Waals surface area (Å²) in [5.74, 6) is 1.64. The molecule has 1 aliphatic rings. The van der Waals surface area contributed by atoms with Crippen molar-refractivity contribution in [2.45, 2.75) is 19.3 Å². The highest BCUT2D eigenvalue weighted by molar-refractivity contribution is 6.42. The van der Waals surface area contributed by atoms with Crippen molar-refractivity contribution < 1.29 is 0 Å². The molecule has 1 aromatic rings. The predicted molar refractivity (Wildman–Crippen MR) is 70.3 cm³/mol. The molecule has 88 valence electrons. The van der Waals surface area contributed by atoms with Gasteiger partial charge in [-0.05, 0) is 62.4 Å². The first-order valence-corrected chi connectivity index (χ1v) is 6.55. The molecule has 0 bridgehead atoms. The van der Waals surface area contributed by atoms with E-state index in [-0.39, 0.29) is 0 Å². The maximum Gasteiger partial charge on any atom is 0.0595 e. The number of hydrogen-bond donors (Lipinski definition) is 1. The van der Waals surface area contributed by atoms with Crippen LogP contribution in [-0.2, 0) is 6.42 Å². The van der Waals surface area contributed by atoms with Crippen LogP contribution >= 0.6 is 23.2 Å². The van der Waals surface area contributed by atoms with E-state index in [2.05, 4.69) is 11.4 Å². The fourth-order valence-corrected chi connectivity index (χ4v) is 2.73. The molecule has 0 heterocycles. The molecule has 0 amide bonds. The van der Waals surface area contributed by atoms with Crippen LogP contribution in [0, 0.1) is 11.8 Å². The number of nitrogens with one attached hydrogen (secondary N) is 1. The van der Waals surface area contributed by atoms with Crippen molar-refractivity contribution in [2.75, 3.05) is 13.6 Å². The van der Waals surface area contributed by atoms with Gasteiger partial charge in [-0.25, -0.2) is 0 Å². The van der Waals surface area contributed by atoms with Gasteiger partial charge in [0.25, 0.3) is 0 Å². The van der Waals surface area contributed by atoms with Crippen molar-refractivity contribution >= 4 is 23.2 Å². The first-order chi connectivity index (χ1) is 7.70. The number of halogens is 2. The van der Waals surface area contributed by atoms with Gasteiger partial charge >= 0.3 is 0 Å². The van der Waals surface area contributed by atoms with Crippen LogP contribution in [0.3, 0.4) is 0 Å². The normalized spacial score (nSPS) is 24.2. The second-order valence-electron chi connectivity index (χ2n) is 4.61. The summed E-state index contributed by atoms with van der Waals surface area (Å²) >= 11 is 11.9. The molecule has 0 spiro atoms. The standard InChI is InChI=1S/C13H17Cl2N/c1-16-8-11-4-3-10(11)6-9-2-5-12(14)13(15)7-9/h2,5,7,10-11,16H,3-4,6,8H2,1H3. The Bertz CT molecular complexity index is 365. The Morgan fingerprint density at radius 3 is 2.50 bits per heavy atom. The Morgan fingerprint density at radius 2 is 1.94 bits per heavy atom. The molecule has 16 heavy (non-hydrogen) atoms. The van der Waals surface area contributed by atoms with Gasteiger partial charge in [-0.1, -0.05) is 29.3 Å². The van der Waals surface area contributed by atoms with E-state index >= 15 is 0 Å². The van der Waals surface area contributed by atoms with Gasteiger partial charge in [0.05, 0.1) is 10.0 Å². The molecule has 1 nitrogen and oxygen atoms in total. The van der Waals surface area contributed by atoms with Crippen LogP contribution in [-0.4, -0.2) is 13.6 Å². The zero-order valence-electron chi connectivity index (χ0n) is 9.47. The molecule has 0 radical (unpaired) electrons. The minimum Gasteiger partial charge on any atom is -0.319 e. The topological polar surface area (TPSA) is 12.0 Å². The molecule has 2 atom stereocenters. The number of hydrogen-bond acceptors (Lipinski definition) is 1. The molecule has 3 heteroatoms. The van der Waals surface area contributed by atoms with Crippen LogP contribution in [0.15, 0.2) is 18.2 Å². The highest BCUT2D eigenvalue weighted by atomic mass is 35.5. The second-order valence-corrected chi connectivity index (χ2v) is 5.42. The predicted octanol–water partition coefficient (Wildman–Crippen LogP) is 3.78. The zero-order valence-corrected chi connectivity index (χ0v) is 11.0. The van der Waals surface area contributed by atoms with Crippen molar-refractivity contribution in [3.63, 3.8) is 0 Å². The van der Waals surface area contributed by atoms with Crippen LogP contribution < -0.4 is 5.32 Å². The van der Waals surface area contributed by atoms with Crippen molar-refractivity contribution in [3.05, 3.63) is 33.8 Å². The maximum atomic E-state index is 6.01. The Labute approximate surface area is 107 Å². The molecule has 2 unspecified atom stereocenters. The van der Waals surface area contributed by atoms with Gasteiger partial charge in [0.15, 0.2) is 0 Å². The average Bonchev–Trinajstić information content (AvgIpc) is 2.26. The monoisotopic (exact) mass is 257 g/mol. The summed E-state index contributed by atoms with van der Waals surface area (Å²) in [5, 5.41) is 4.57. The summed E-state index contributed by atoms with van der Waals surface area (Å²) in [5.41, 5.74) is 1.31. The van der Waals surface area contributed by atoms with Gasteiger partial charge in [-0.3, -0.25) is 0 Å². The molecule has 1 fully saturated rings. The highest BCUT2D eigenvalue weighted by Crippen LogP contribution is 2.37. The summed E-state index contributed by atoms with van der Waals surface area (Å²) in [4.78, 5) is 0. The smallest absolute Gasteiger partial charge is 0.0595 e. The van der Waals surface area contributed by atoms with Crippen LogP contribution in [0.5, 0.6) is 0 Å². The number of rotatable bonds is 4. The molecule has 1 aromatic carbocycles. The third-order valence-corrected chi connectivity index (χ3v) is 4.26. The summed E-state index contributed by atoms with van der Waals surface area (Å²) in [7, 11) is 2.02. The molecule has 1 saturated carbocycles. The van der Waals surface area contributed by atoms with Gasteiger partial charge in [0.2, 0.25) is 0 Å². The Balaban J connectivity index is 1.96. The van der Waals surface area contributed by atoms with Crippen LogP contribution in [0.25, 0.3) is 0 Å². The SMILES string of the molecule is CNCC1CCC1Cc1ccc(Cl)c(Cl)c1. The van der Waals surface area contributed by atoms with Crippen molar-refractivity contribution in [3.8, 4) is 0 Å². The Morgan fingerprint density at radius 1 is 1.19 bits per heavy atom. The molecule has 0 aromatic heterocycles. The largest absolute Gasteiger partial charge is 0.319 e. The van der Waals surface area contributed by atoms with Crippen molar-refractivity contribution in [1.29, 1.82) is 0 Å².